The molecule has 1 aromatic rings. The monoisotopic (exact) mass is 196 g/mol. The Kier molecular flexibility index (Phi) is 4.17. The molecule has 0 spiro atoms. The van der Waals surface area contributed by atoms with Gasteiger partial charge in [-0.2, -0.15) is 0 Å². The summed E-state index contributed by atoms with van der Waals surface area (Å²) < 4.78 is 5.41. The lowest BCUT2D eigenvalue weighted by Crippen LogP contribution is -2.34. The lowest BCUT2D eigenvalue weighted by molar-refractivity contribution is 0.246. The summed E-state index contributed by atoms with van der Waals surface area (Å²) in [6.07, 6.45) is 1.72. The number of rotatable bonds is 5. The van der Waals surface area contributed by atoms with Crippen LogP contribution in [0.1, 0.15) is 25.6 Å². The van der Waals surface area contributed by atoms with E-state index in [1.165, 1.54) is 0 Å². The van der Waals surface area contributed by atoms with Crippen LogP contribution < -0.4 is 5.32 Å². The summed E-state index contributed by atoms with van der Waals surface area (Å²) in [4.78, 5) is 2.16. The number of nitrogens with one attached hydrogen (secondary N) is 1. The molecule has 1 N–H and O–H groups in total. The van der Waals surface area contributed by atoms with Crippen LogP contribution >= 0.6 is 0 Å². The van der Waals surface area contributed by atoms with Gasteiger partial charge < -0.3 is 9.73 Å². The molecule has 0 aliphatic rings. The van der Waals surface area contributed by atoms with E-state index in [0.29, 0.717) is 12.1 Å². The van der Waals surface area contributed by atoms with Gasteiger partial charge in [0.1, 0.15) is 5.76 Å². The molecule has 1 atom stereocenters. The molecule has 1 heterocycles. The summed E-state index contributed by atoms with van der Waals surface area (Å²) in [5, 5.41) is 3.41. The molecule has 0 aliphatic carbocycles. The van der Waals surface area contributed by atoms with E-state index in [1.807, 2.05) is 12.1 Å². The second-order valence-electron chi connectivity index (χ2n) is 4.06. The zero-order valence-corrected chi connectivity index (χ0v) is 9.45. The second-order valence-corrected chi connectivity index (χ2v) is 4.06. The fraction of sp³-hybridized carbons (Fsp3) is 0.636. The van der Waals surface area contributed by atoms with Gasteiger partial charge in [0, 0.05) is 12.6 Å². The van der Waals surface area contributed by atoms with Gasteiger partial charge in [-0.3, -0.25) is 4.90 Å². The Balaban J connectivity index is 2.57. The Hall–Kier alpha value is -0.800. The van der Waals surface area contributed by atoms with Gasteiger partial charge in [-0.25, -0.2) is 0 Å². The van der Waals surface area contributed by atoms with E-state index in [0.717, 1.165) is 12.3 Å². The van der Waals surface area contributed by atoms with Crippen LogP contribution in [0.25, 0.3) is 0 Å². The van der Waals surface area contributed by atoms with Crippen molar-refractivity contribution in [3.05, 3.63) is 24.2 Å². The third-order valence-corrected chi connectivity index (χ3v) is 2.21. The van der Waals surface area contributed by atoms with Crippen LogP contribution in [0.15, 0.2) is 22.8 Å². The third kappa shape index (κ3) is 3.16. The van der Waals surface area contributed by atoms with E-state index in [4.69, 9.17) is 4.42 Å². The number of furan rings is 1. The van der Waals surface area contributed by atoms with Crippen molar-refractivity contribution in [2.45, 2.75) is 25.9 Å². The van der Waals surface area contributed by atoms with Crippen molar-refractivity contribution < 1.29 is 4.42 Å². The van der Waals surface area contributed by atoms with Gasteiger partial charge in [0.2, 0.25) is 0 Å². The SMILES string of the molecule is CC(C)NC[C@@H](c1ccco1)N(C)C. The van der Waals surface area contributed by atoms with E-state index < -0.39 is 0 Å². The maximum absolute atomic E-state index is 5.41. The topological polar surface area (TPSA) is 28.4 Å². The molecule has 0 unspecified atom stereocenters. The highest BCUT2D eigenvalue weighted by atomic mass is 16.3. The van der Waals surface area contributed by atoms with E-state index in [1.54, 1.807) is 6.26 Å². The molecule has 0 radical (unpaired) electrons. The van der Waals surface area contributed by atoms with Gasteiger partial charge >= 0.3 is 0 Å². The predicted octanol–water partition coefficient (Wildman–Crippen LogP) is 1.88. The number of hydrogen-bond donors (Lipinski definition) is 1. The minimum Gasteiger partial charge on any atom is -0.468 e. The fourth-order valence-electron chi connectivity index (χ4n) is 1.37. The summed E-state index contributed by atoms with van der Waals surface area (Å²) >= 11 is 0. The Morgan fingerprint density at radius 3 is 2.57 bits per heavy atom. The van der Waals surface area contributed by atoms with E-state index in [9.17, 15) is 0 Å². The molecule has 1 aromatic heterocycles. The van der Waals surface area contributed by atoms with Crippen LogP contribution in [0.5, 0.6) is 0 Å². The predicted molar refractivity (Wildman–Crippen MR) is 58.3 cm³/mol. The van der Waals surface area contributed by atoms with Gasteiger partial charge in [0.05, 0.1) is 12.3 Å². The standard InChI is InChI=1S/C11H20N2O/c1-9(2)12-8-10(13(3)4)11-6-5-7-14-11/h5-7,9-10,12H,8H2,1-4H3/t10-/m0/s1. The van der Waals surface area contributed by atoms with Gasteiger partial charge in [-0.05, 0) is 26.2 Å². The molecule has 3 heteroatoms. The van der Waals surface area contributed by atoms with E-state index in [2.05, 4.69) is 38.2 Å². The summed E-state index contributed by atoms with van der Waals surface area (Å²) in [5.74, 6) is 1.02. The largest absolute Gasteiger partial charge is 0.468 e. The second kappa shape index (κ2) is 5.17. The molecule has 0 aliphatic heterocycles. The first-order valence-electron chi connectivity index (χ1n) is 5.04. The van der Waals surface area contributed by atoms with Crippen LogP contribution in [-0.4, -0.2) is 31.6 Å². The van der Waals surface area contributed by atoms with Gasteiger partial charge in [0.25, 0.3) is 0 Å². The van der Waals surface area contributed by atoms with E-state index in [-0.39, 0.29) is 0 Å². The third-order valence-electron chi connectivity index (χ3n) is 2.21. The van der Waals surface area contributed by atoms with Crippen LogP contribution in [0.4, 0.5) is 0 Å². The van der Waals surface area contributed by atoms with Crippen molar-refractivity contribution >= 4 is 0 Å². The van der Waals surface area contributed by atoms with Crippen LogP contribution in [0, 0.1) is 0 Å². The van der Waals surface area contributed by atoms with Crippen molar-refractivity contribution in [2.75, 3.05) is 20.6 Å². The molecular formula is C11H20N2O. The first-order chi connectivity index (χ1) is 6.61. The molecule has 3 nitrogen and oxygen atoms in total. The summed E-state index contributed by atoms with van der Waals surface area (Å²) in [6, 6.07) is 4.77. The van der Waals surface area contributed by atoms with Crippen LogP contribution in [-0.2, 0) is 0 Å². The summed E-state index contributed by atoms with van der Waals surface area (Å²) in [5.41, 5.74) is 0. The highest BCUT2D eigenvalue weighted by molar-refractivity contribution is 5.05. The van der Waals surface area contributed by atoms with Crippen molar-refractivity contribution in [3.63, 3.8) is 0 Å². The first kappa shape index (κ1) is 11.3. The molecule has 0 saturated heterocycles. The lowest BCUT2D eigenvalue weighted by atomic mass is 10.2. The molecule has 80 valence electrons. The minimum atomic E-state index is 0.312. The fourth-order valence-corrected chi connectivity index (χ4v) is 1.37. The average Bonchev–Trinajstić information content (AvgIpc) is 2.56. The van der Waals surface area contributed by atoms with Crippen LogP contribution in [0.3, 0.4) is 0 Å². The van der Waals surface area contributed by atoms with Crippen molar-refractivity contribution in [1.82, 2.24) is 10.2 Å². The number of likely N-dealkylation sites (N-methyl/N-ethyl adjacent to an activating group) is 1. The molecule has 0 fully saturated rings. The van der Waals surface area contributed by atoms with Crippen molar-refractivity contribution in [3.8, 4) is 0 Å². The minimum absolute atomic E-state index is 0.312. The van der Waals surface area contributed by atoms with Crippen LogP contribution in [0.2, 0.25) is 0 Å². The summed E-state index contributed by atoms with van der Waals surface area (Å²) in [6.45, 7) is 5.21. The smallest absolute Gasteiger partial charge is 0.122 e. The Labute approximate surface area is 86.1 Å². The summed E-state index contributed by atoms with van der Waals surface area (Å²) in [7, 11) is 4.13. The zero-order valence-electron chi connectivity index (χ0n) is 9.45. The number of nitrogens with zero attached hydrogens (tertiary/aromatic N) is 1. The zero-order chi connectivity index (χ0) is 10.6. The highest BCUT2D eigenvalue weighted by Crippen LogP contribution is 2.17. The molecule has 14 heavy (non-hydrogen) atoms. The molecule has 0 aromatic carbocycles. The Morgan fingerprint density at radius 2 is 2.14 bits per heavy atom. The quantitative estimate of drug-likeness (QED) is 0.779. The molecular weight excluding hydrogens is 176 g/mol. The number of hydrogen-bond acceptors (Lipinski definition) is 3. The van der Waals surface area contributed by atoms with Gasteiger partial charge in [0.15, 0.2) is 0 Å². The molecule has 0 bridgehead atoms. The lowest BCUT2D eigenvalue weighted by Gasteiger charge is -2.23. The molecule has 0 saturated carbocycles. The molecule has 0 amide bonds. The molecule has 1 rings (SSSR count). The maximum Gasteiger partial charge on any atom is 0.122 e. The highest BCUT2D eigenvalue weighted by Gasteiger charge is 2.16. The van der Waals surface area contributed by atoms with Crippen molar-refractivity contribution in [1.29, 1.82) is 0 Å². The normalized spacial score (nSPS) is 13.9. The Bertz CT molecular complexity index is 242. The average molecular weight is 196 g/mol. The van der Waals surface area contributed by atoms with Crippen molar-refractivity contribution in [2.24, 2.45) is 0 Å². The van der Waals surface area contributed by atoms with E-state index >= 15 is 0 Å². The Morgan fingerprint density at radius 1 is 1.43 bits per heavy atom. The first-order valence-corrected chi connectivity index (χ1v) is 5.04. The maximum atomic E-state index is 5.41. The van der Waals surface area contributed by atoms with Gasteiger partial charge in [-0.15, -0.1) is 0 Å². The van der Waals surface area contributed by atoms with Gasteiger partial charge in [-0.1, -0.05) is 13.8 Å².